The summed E-state index contributed by atoms with van der Waals surface area (Å²) in [4.78, 5) is 2.41. The van der Waals surface area contributed by atoms with Crippen molar-refractivity contribution >= 4 is 27.1 Å². The quantitative estimate of drug-likeness (QED) is 0.845. The van der Waals surface area contributed by atoms with E-state index in [1.807, 2.05) is 0 Å². The molecular formula is C11H15BrNOS+. The van der Waals surface area contributed by atoms with E-state index in [2.05, 4.69) is 45.1 Å². The van der Waals surface area contributed by atoms with Crippen LogP contribution in [0.5, 0.6) is 0 Å². The molecule has 1 aliphatic rings. The van der Waals surface area contributed by atoms with E-state index in [-0.39, 0.29) is 11.2 Å². The van der Waals surface area contributed by atoms with Gasteiger partial charge in [0.15, 0.2) is 11.5 Å². The minimum Gasteiger partial charge on any atom is -0.290 e. The van der Waals surface area contributed by atoms with Crippen LogP contribution in [0.4, 0.5) is 0 Å². The minimum absolute atomic E-state index is 0.322. The molecule has 0 radical (unpaired) electrons. The predicted molar refractivity (Wildman–Crippen MR) is 69.1 cm³/mol. The van der Waals surface area contributed by atoms with Crippen LogP contribution in [0.3, 0.4) is 0 Å². The number of nitrogens with zero attached hydrogens (tertiary/aromatic N) is 1. The molecule has 1 aromatic carbocycles. The fourth-order valence-corrected chi connectivity index (χ4v) is 3.10. The molecule has 0 unspecified atom stereocenters. The van der Waals surface area contributed by atoms with Crippen LogP contribution < -0.4 is 0 Å². The van der Waals surface area contributed by atoms with Gasteiger partial charge in [0.1, 0.15) is 11.2 Å². The van der Waals surface area contributed by atoms with E-state index >= 15 is 0 Å². The van der Waals surface area contributed by atoms with Gasteiger partial charge in [-0.05, 0) is 17.7 Å². The van der Waals surface area contributed by atoms with Crippen LogP contribution in [-0.2, 0) is 17.7 Å². The molecule has 0 amide bonds. The summed E-state index contributed by atoms with van der Waals surface area (Å²) in [6, 6.07) is 8.46. The van der Waals surface area contributed by atoms with Crippen LogP contribution in [0, 0.1) is 0 Å². The van der Waals surface area contributed by atoms with Gasteiger partial charge in [0.05, 0.1) is 0 Å². The first-order chi connectivity index (χ1) is 7.24. The lowest BCUT2D eigenvalue weighted by atomic mass is 10.2. The molecule has 1 saturated heterocycles. The van der Waals surface area contributed by atoms with Crippen LogP contribution >= 0.6 is 15.9 Å². The second-order valence-electron chi connectivity index (χ2n) is 3.77. The van der Waals surface area contributed by atoms with Crippen molar-refractivity contribution in [1.29, 1.82) is 0 Å². The SMILES string of the molecule is O[S+]1CCN(Cc2ccc(Br)cc2)CC1. The van der Waals surface area contributed by atoms with Crippen LogP contribution in [0.15, 0.2) is 28.7 Å². The molecule has 0 aliphatic carbocycles. The Hall–Kier alpha value is -0.0300. The van der Waals surface area contributed by atoms with E-state index < -0.39 is 0 Å². The molecule has 1 N–H and O–H groups in total. The Morgan fingerprint density at radius 1 is 1.20 bits per heavy atom. The van der Waals surface area contributed by atoms with Gasteiger partial charge in [-0.15, -0.1) is 0 Å². The molecule has 0 atom stereocenters. The van der Waals surface area contributed by atoms with E-state index in [0.29, 0.717) is 0 Å². The zero-order valence-corrected chi connectivity index (χ0v) is 10.9. The maximum Gasteiger partial charge on any atom is 0.153 e. The summed E-state index contributed by atoms with van der Waals surface area (Å²) >= 11 is 3.11. The largest absolute Gasteiger partial charge is 0.290 e. The van der Waals surface area contributed by atoms with Crippen molar-refractivity contribution in [2.75, 3.05) is 24.6 Å². The Labute approximate surface area is 102 Å². The smallest absolute Gasteiger partial charge is 0.153 e. The maximum atomic E-state index is 9.42. The highest BCUT2D eigenvalue weighted by atomic mass is 79.9. The van der Waals surface area contributed by atoms with E-state index in [1.54, 1.807) is 0 Å². The molecule has 1 fully saturated rings. The van der Waals surface area contributed by atoms with Gasteiger partial charge >= 0.3 is 0 Å². The van der Waals surface area contributed by atoms with E-state index in [0.717, 1.165) is 35.6 Å². The normalized spacial score (nSPS) is 19.3. The third kappa shape index (κ3) is 3.48. The number of rotatable bonds is 2. The molecule has 0 bridgehead atoms. The van der Waals surface area contributed by atoms with Gasteiger partial charge in [0.2, 0.25) is 0 Å². The minimum atomic E-state index is -0.322. The lowest BCUT2D eigenvalue weighted by molar-refractivity contribution is 0.288. The molecule has 2 rings (SSSR count). The average molecular weight is 289 g/mol. The third-order valence-electron chi connectivity index (χ3n) is 2.61. The van der Waals surface area contributed by atoms with Gasteiger partial charge in [-0.25, -0.2) is 0 Å². The van der Waals surface area contributed by atoms with Crippen LogP contribution in [0.2, 0.25) is 0 Å². The highest BCUT2D eigenvalue weighted by Crippen LogP contribution is 2.13. The second-order valence-corrected chi connectivity index (χ2v) is 6.43. The van der Waals surface area contributed by atoms with Crippen molar-refractivity contribution in [3.05, 3.63) is 34.3 Å². The first kappa shape index (κ1) is 11.5. The van der Waals surface area contributed by atoms with Gasteiger partial charge < -0.3 is 0 Å². The number of benzene rings is 1. The fraction of sp³-hybridized carbons (Fsp3) is 0.455. The topological polar surface area (TPSA) is 23.5 Å². The molecule has 4 heteroatoms. The molecule has 1 heterocycles. The summed E-state index contributed by atoms with van der Waals surface area (Å²) in [5.41, 5.74) is 1.35. The Kier molecular flexibility index (Phi) is 4.08. The monoisotopic (exact) mass is 288 g/mol. The third-order valence-corrected chi connectivity index (χ3v) is 4.44. The zero-order chi connectivity index (χ0) is 10.7. The lowest BCUT2D eigenvalue weighted by Crippen LogP contribution is -2.39. The molecule has 0 spiro atoms. The van der Waals surface area contributed by atoms with Crippen molar-refractivity contribution in [3.8, 4) is 0 Å². The summed E-state index contributed by atoms with van der Waals surface area (Å²) in [6.07, 6.45) is 0. The van der Waals surface area contributed by atoms with Crippen LogP contribution in [0.25, 0.3) is 0 Å². The van der Waals surface area contributed by atoms with Crippen molar-refractivity contribution in [2.45, 2.75) is 6.54 Å². The summed E-state index contributed by atoms with van der Waals surface area (Å²) in [5.74, 6) is 1.88. The molecule has 0 saturated carbocycles. The van der Waals surface area contributed by atoms with Gasteiger partial charge in [-0.2, -0.15) is 4.55 Å². The van der Waals surface area contributed by atoms with E-state index in [1.165, 1.54) is 5.56 Å². The molecule has 2 nitrogen and oxygen atoms in total. The highest BCUT2D eigenvalue weighted by Gasteiger charge is 2.24. The van der Waals surface area contributed by atoms with Crippen molar-refractivity contribution in [1.82, 2.24) is 4.90 Å². The van der Waals surface area contributed by atoms with Gasteiger partial charge in [-0.1, -0.05) is 28.1 Å². The summed E-state index contributed by atoms with van der Waals surface area (Å²) in [6.45, 7) is 3.05. The van der Waals surface area contributed by atoms with Crippen molar-refractivity contribution in [3.63, 3.8) is 0 Å². The number of hydrogen-bond donors (Lipinski definition) is 1. The summed E-state index contributed by atoms with van der Waals surface area (Å²) in [7, 11) is 0. The molecule has 1 aliphatic heterocycles. The van der Waals surface area contributed by atoms with Gasteiger partial charge in [0.25, 0.3) is 0 Å². The Morgan fingerprint density at radius 3 is 2.40 bits per heavy atom. The molecule has 1 aromatic rings. The molecule has 82 valence electrons. The molecule has 0 aromatic heterocycles. The maximum absolute atomic E-state index is 9.42. The predicted octanol–water partition coefficient (Wildman–Crippen LogP) is 2.36. The first-order valence-electron chi connectivity index (χ1n) is 5.07. The molecular weight excluding hydrogens is 274 g/mol. The Morgan fingerprint density at radius 2 is 1.80 bits per heavy atom. The van der Waals surface area contributed by atoms with E-state index in [9.17, 15) is 4.55 Å². The van der Waals surface area contributed by atoms with Gasteiger partial charge in [0, 0.05) is 24.1 Å². The Balaban J connectivity index is 1.89. The Bertz CT molecular complexity index is 309. The molecule has 15 heavy (non-hydrogen) atoms. The second kappa shape index (κ2) is 5.34. The number of hydrogen-bond acceptors (Lipinski definition) is 2. The fourth-order valence-electron chi connectivity index (χ4n) is 1.69. The first-order valence-corrected chi connectivity index (χ1v) is 7.39. The zero-order valence-electron chi connectivity index (χ0n) is 8.53. The van der Waals surface area contributed by atoms with Crippen LogP contribution in [-0.4, -0.2) is 34.0 Å². The summed E-state index contributed by atoms with van der Waals surface area (Å²) < 4.78 is 10.6. The number of halogens is 1. The van der Waals surface area contributed by atoms with Crippen LogP contribution in [0.1, 0.15) is 5.56 Å². The van der Waals surface area contributed by atoms with Gasteiger partial charge in [-0.3, -0.25) is 4.90 Å². The standard InChI is InChI=1S/C11H15BrNOS/c12-11-3-1-10(2-4-11)9-13-5-7-15(14)8-6-13/h1-4,14H,5-9H2/q+1. The average Bonchev–Trinajstić information content (AvgIpc) is 2.25. The van der Waals surface area contributed by atoms with Crippen molar-refractivity contribution in [2.24, 2.45) is 0 Å². The lowest BCUT2D eigenvalue weighted by Gasteiger charge is -2.23. The summed E-state index contributed by atoms with van der Waals surface area (Å²) in [5, 5.41) is 0. The van der Waals surface area contributed by atoms with Crippen molar-refractivity contribution < 1.29 is 4.55 Å². The highest BCUT2D eigenvalue weighted by molar-refractivity contribution is 9.10. The van der Waals surface area contributed by atoms with E-state index in [4.69, 9.17) is 0 Å².